The van der Waals surface area contributed by atoms with Gasteiger partial charge in [-0.2, -0.15) is 0 Å². The number of carbonyl (C=O) groups excluding carboxylic acids is 1. The van der Waals surface area contributed by atoms with Crippen LogP contribution in [0.5, 0.6) is 0 Å². The SMILES string of the molecule is Cc1ccc(C(=O)NCc2nnc(SCc3ccc(Br)cc3)n2-c2ccc(Br)cc2)cc1[N+](=O)[O-]. The summed E-state index contributed by atoms with van der Waals surface area (Å²) in [6.07, 6.45) is 0. The van der Waals surface area contributed by atoms with Gasteiger partial charge in [-0.05, 0) is 55.0 Å². The second-order valence-corrected chi connectivity index (χ2v) is 10.3. The normalized spacial score (nSPS) is 10.8. The van der Waals surface area contributed by atoms with Crippen LogP contribution in [0, 0.1) is 17.0 Å². The molecule has 4 rings (SSSR count). The predicted molar refractivity (Wildman–Crippen MR) is 142 cm³/mol. The smallest absolute Gasteiger partial charge is 0.273 e. The first-order valence-electron chi connectivity index (χ1n) is 10.4. The van der Waals surface area contributed by atoms with Gasteiger partial charge in [0.05, 0.1) is 11.5 Å². The average Bonchev–Trinajstić information content (AvgIpc) is 3.25. The number of rotatable bonds is 8. The topological polar surface area (TPSA) is 103 Å². The van der Waals surface area contributed by atoms with Crippen molar-refractivity contribution in [1.82, 2.24) is 20.1 Å². The van der Waals surface area contributed by atoms with Crippen LogP contribution in [0.25, 0.3) is 5.69 Å². The van der Waals surface area contributed by atoms with E-state index in [2.05, 4.69) is 47.4 Å². The molecule has 0 atom stereocenters. The first-order valence-corrected chi connectivity index (χ1v) is 13.0. The minimum Gasteiger partial charge on any atom is -0.345 e. The van der Waals surface area contributed by atoms with Gasteiger partial charge in [-0.25, -0.2) is 0 Å². The van der Waals surface area contributed by atoms with Crippen LogP contribution in [0.2, 0.25) is 0 Å². The maximum Gasteiger partial charge on any atom is 0.273 e. The lowest BCUT2D eigenvalue weighted by Crippen LogP contribution is -2.24. The summed E-state index contributed by atoms with van der Waals surface area (Å²) < 4.78 is 3.85. The van der Waals surface area contributed by atoms with Gasteiger partial charge in [0.25, 0.3) is 11.6 Å². The van der Waals surface area contributed by atoms with Crippen molar-refractivity contribution in [2.24, 2.45) is 0 Å². The molecule has 3 aromatic carbocycles. The van der Waals surface area contributed by atoms with Crippen LogP contribution in [0.1, 0.15) is 27.3 Å². The molecule has 0 spiro atoms. The largest absolute Gasteiger partial charge is 0.345 e. The standard InChI is InChI=1S/C24H19Br2N5O3S/c1-15-2-5-17(12-21(15)31(33)34)23(32)27-13-22-28-29-24(30(22)20-10-8-19(26)9-11-20)35-14-16-3-6-18(25)7-4-16/h2-12H,13-14H2,1H3,(H,27,32). The molecule has 8 nitrogen and oxygen atoms in total. The van der Waals surface area contributed by atoms with Crippen molar-refractivity contribution in [3.63, 3.8) is 0 Å². The average molecular weight is 617 g/mol. The first-order chi connectivity index (χ1) is 16.8. The molecule has 0 saturated heterocycles. The molecule has 0 aliphatic rings. The molecular weight excluding hydrogens is 598 g/mol. The third-order valence-electron chi connectivity index (χ3n) is 5.14. The van der Waals surface area contributed by atoms with Gasteiger partial charge in [0.15, 0.2) is 11.0 Å². The molecule has 0 fully saturated rings. The Labute approximate surface area is 222 Å². The van der Waals surface area contributed by atoms with Crippen molar-refractivity contribution in [3.05, 3.63) is 108 Å². The van der Waals surface area contributed by atoms with Crippen LogP contribution >= 0.6 is 43.6 Å². The Morgan fingerprint density at radius 2 is 1.69 bits per heavy atom. The number of hydrogen-bond donors (Lipinski definition) is 1. The van der Waals surface area contributed by atoms with Gasteiger partial charge in [0, 0.05) is 37.6 Å². The van der Waals surface area contributed by atoms with E-state index in [0.717, 1.165) is 20.2 Å². The van der Waals surface area contributed by atoms with Crippen molar-refractivity contribution in [2.75, 3.05) is 0 Å². The van der Waals surface area contributed by atoms with E-state index >= 15 is 0 Å². The summed E-state index contributed by atoms with van der Waals surface area (Å²) in [5.74, 6) is 0.810. The molecule has 0 unspecified atom stereocenters. The van der Waals surface area contributed by atoms with Crippen molar-refractivity contribution in [1.29, 1.82) is 0 Å². The van der Waals surface area contributed by atoms with Gasteiger partial charge >= 0.3 is 0 Å². The Bertz CT molecular complexity index is 1380. The lowest BCUT2D eigenvalue weighted by molar-refractivity contribution is -0.385. The number of hydrogen-bond acceptors (Lipinski definition) is 6. The Kier molecular flexibility index (Phi) is 7.99. The Hall–Kier alpha value is -3.02. The fraction of sp³-hybridized carbons (Fsp3) is 0.125. The number of carbonyl (C=O) groups is 1. The number of aromatic nitrogens is 3. The van der Waals surface area contributed by atoms with E-state index in [-0.39, 0.29) is 17.8 Å². The molecular formula is C24H19Br2N5O3S. The fourth-order valence-electron chi connectivity index (χ4n) is 3.30. The maximum atomic E-state index is 12.7. The minimum absolute atomic E-state index is 0.0951. The number of nitro benzene ring substituents is 1. The van der Waals surface area contributed by atoms with Gasteiger partial charge < -0.3 is 5.32 Å². The molecule has 1 aromatic heterocycles. The maximum absolute atomic E-state index is 12.7. The number of nitrogens with zero attached hydrogens (tertiary/aromatic N) is 4. The van der Waals surface area contributed by atoms with Gasteiger partial charge in [0.2, 0.25) is 0 Å². The second kappa shape index (κ2) is 11.1. The number of amides is 1. The Morgan fingerprint density at radius 1 is 1.03 bits per heavy atom. The Balaban J connectivity index is 1.56. The number of aryl methyl sites for hydroxylation is 1. The van der Waals surface area contributed by atoms with E-state index in [1.165, 1.54) is 17.8 Å². The highest BCUT2D eigenvalue weighted by molar-refractivity contribution is 9.10. The quantitative estimate of drug-likeness (QED) is 0.143. The molecule has 0 radical (unpaired) electrons. The van der Waals surface area contributed by atoms with Crippen LogP contribution < -0.4 is 5.32 Å². The van der Waals surface area contributed by atoms with E-state index < -0.39 is 10.8 Å². The number of nitrogens with one attached hydrogen (secondary N) is 1. The number of thioether (sulfide) groups is 1. The van der Waals surface area contributed by atoms with Crippen LogP contribution in [0.15, 0.2) is 80.8 Å². The van der Waals surface area contributed by atoms with E-state index in [1.54, 1.807) is 19.1 Å². The molecule has 178 valence electrons. The molecule has 0 saturated carbocycles. The summed E-state index contributed by atoms with van der Waals surface area (Å²) in [5, 5.41) is 23.4. The van der Waals surface area contributed by atoms with Crippen molar-refractivity contribution < 1.29 is 9.72 Å². The second-order valence-electron chi connectivity index (χ2n) is 7.57. The van der Waals surface area contributed by atoms with Crippen molar-refractivity contribution in [2.45, 2.75) is 24.4 Å². The van der Waals surface area contributed by atoms with E-state index in [0.29, 0.717) is 22.3 Å². The zero-order valence-corrected chi connectivity index (χ0v) is 22.4. The lowest BCUT2D eigenvalue weighted by Gasteiger charge is -2.11. The fourth-order valence-corrected chi connectivity index (χ4v) is 4.75. The molecule has 1 amide bonds. The van der Waals surface area contributed by atoms with Gasteiger partial charge in [-0.3, -0.25) is 19.5 Å². The predicted octanol–water partition coefficient (Wildman–Crippen LogP) is 6.23. The van der Waals surface area contributed by atoms with E-state index in [9.17, 15) is 14.9 Å². The van der Waals surface area contributed by atoms with Gasteiger partial charge in [-0.1, -0.05) is 61.8 Å². The summed E-state index contributed by atoms with van der Waals surface area (Å²) in [7, 11) is 0. The summed E-state index contributed by atoms with van der Waals surface area (Å²) >= 11 is 8.44. The monoisotopic (exact) mass is 615 g/mol. The molecule has 11 heteroatoms. The third-order valence-corrected chi connectivity index (χ3v) is 7.20. The van der Waals surface area contributed by atoms with Crippen molar-refractivity contribution in [3.8, 4) is 5.69 Å². The third kappa shape index (κ3) is 6.16. The highest BCUT2D eigenvalue weighted by Gasteiger charge is 2.18. The van der Waals surface area contributed by atoms with Crippen LogP contribution in [-0.4, -0.2) is 25.6 Å². The molecule has 0 aliphatic carbocycles. The first kappa shape index (κ1) is 25.1. The Morgan fingerprint density at radius 3 is 2.34 bits per heavy atom. The minimum atomic E-state index is -0.495. The molecule has 4 aromatic rings. The highest BCUT2D eigenvalue weighted by Crippen LogP contribution is 2.27. The van der Waals surface area contributed by atoms with Crippen LogP contribution in [0.4, 0.5) is 5.69 Å². The molecule has 1 heterocycles. The van der Waals surface area contributed by atoms with E-state index in [1.807, 2.05) is 53.1 Å². The number of nitro groups is 1. The molecule has 1 N–H and O–H groups in total. The van der Waals surface area contributed by atoms with Gasteiger partial charge in [0.1, 0.15) is 0 Å². The summed E-state index contributed by atoms with van der Waals surface area (Å²) in [5.41, 5.74) is 2.60. The lowest BCUT2D eigenvalue weighted by atomic mass is 10.1. The van der Waals surface area contributed by atoms with Gasteiger partial charge in [-0.15, -0.1) is 10.2 Å². The zero-order valence-electron chi connectivity index (χ0n) is 18.4. The molecule has 0 aliphatic heterocycles. The van der Waals surface area contributed by atoms with Crippen molar-refractivity contribution >= 4 is 55.2 Å². The van der Waals surface area contributed by atoms with Crippen LogP contribution in [-0.2, 0) is 12.3 Å². The number of halogens is 2. The summed E-state index contributed by atoms with van der Waals surface area (Å²) in [6, 6.07) is 20.2. The summed E-state index contributed by atoms with van der Waals surface area (Å²) in [6.45, 7) is 1.73. The van der Waals surface area contributed by atoms with E-state index in [4.69, 9.17) is 0 Å². The molecule has 35 heavy (non-hydrogen) atoms. The molecule has 0 bridgehead atoms. The summed E-state index contributed by atoms with van der Waals surface area (Å²) in [4.78, 5) is 23.5. The highest BCUT2D eigenvalue weighted by atomic mass is 79.9. The number of benzene rings is 3. The zero-order chi connectivity index (χ0) is 24.9. The van der Waals surface area contributed by atoms with Crippen LogP contribution in [0.3, 0.4) is 0 Å².